The molecule has 1 aliphatic rings. The van der Waals surface area contributed by atoms with E-state index < -0.39 is 0 Å². The number of aromatic nitrogens is 4. The van der Waals surface area contributed by atoms with Gasteiger partial charge in [-0.1, -0.05) is 6.92 Å². The maximum atomic E-state index is 4.87. The maximum absolute atomic E-state index is 4.87. The molecule has 0 N–H and O–H groups in total. The van der Waals surface area contributed by atoms with Gasteiger partial charge in [0.05, 0.1) is 17.6 Å². The Labute approximate surface area is 145 Å². The predicted octanol–water partition coefficient (Wildman–Crippen LogP) is 3.41. The Morgan fingerprint density at radius 1 is 1.21 bits per heavy atom. The van der Waals surface area contributed by atoms with Crippen molar-refractivity contribution in [3.63, 3.8) is 0 Å². The summed E-state index contributed by atoms with van der Waals surface area (Å²) < 4.78 is 2.02. The molecule has 0 amide bonds. The number of nitrogens with zero attached hydrogens (tertiary/aromatic N) is 5. The van der Waals surface area contributed by atoms with Gasteiger partial charge in [-0.2, -0.15) is 5.10 Å². The van der Waals surface area contributed by atoms with Crippen molar-refractivity contribution >= 4 is 0 Å². The molecule has 0 saturated carbocycles. The number of hydrogen-bond donors (Lipinski definition) is 0. The Kier molecular flexibility index (Phi) is 5.61. The first-order valence-electron chi connectivity index (χ1n) is 9.24. The van der Waals surface area contributed by atoms with Crippen LogP contribution in [0.2, 0.25) is 0 Å². The number of rotatable bonds is 6. The second-order valence-corrected chi connectivity index (χ2v) is 7.11. The summed E-state index contributed by atoms with van der Waals surface area (Å²) >= 11 is 0. The van der Waals surface area contributed by atoms with Gasteiger partial charge in [0.1, 0.15) is 5.69 Å². The van der Waals surface area contributed by atoms with Gasteiger partial charge in [0, 0.05) is 25.0 Å². The van der Waals surface area contributed by atoms with E-state index in [1.807, 2.05) is 29.3 Å². The van der Waals surface area contributed by atoms with Crippen molar-refractivity contribution in [1.29, 1.82) is 0 Å². The predicted molar refractivity (Wildman–Crippen MR) is 96.7 cm³/mol. The van der Waals surface area contributed by atoms with Gasteiger partial charge in [-0.3, -0.25) is 9.67 Å². The van der Waals surface area contributed by atoms with Gasteiger partial charge in [-0.15, -0.1) is 0 Å². The molecule has 2 aromatic heterocycles. The average Bonchev–Trinajstić information content (AvgIpc) is 3.04. The molecule has 0 aliphatic carbocycles. The lowest BCUT2D eigenvalue weighted by Crippen LogP contribution is -2.38. The smallest absolute Gasteiger partial charge is 0.107 e. The van der Waals surface area contributed by atoms with Crippen LogP contribution in [-0.4, -0.2) is 43.8 Å². The van der Waals surface area contributed by atoms with Gasteiger partial charge < -0.3 is 4.90 Å². The quantitative estimate of drug-likeness (QED) is 0.816. The summed E-state index contributed by atoms with van der Waals surface area (Å²) in [5, 5.41) is 4.40. The number of likely N-dealkylation sites (tertiary alicyclic amines) is 1. The van der Waals surface area contributed by atoms with Crippen molar-refractivity contribution in [3.8, 4) is 11.4 Å². The molecule has 0 unspecified atom stereocenters. The van der Waals surface area contributed by atoms with Crippen LogP contribution in [0.15, 0.2) is 24.7 Å². The molecule has 130 valence electrons. The van der Waals surface area contributed by atoms with E-state index in [1.165, 1.54) is 25.9 Å². The van der Waals surface area contributed by atoms with Crippen LogP contribution < -0.4 is 0 Å². The molecular formula is C19H29N5. The third-order valence-corrected chi connectivity index (χ3v) is 4.98. The molecule has 3 rings (SSSR count). The molecule has 5 nitrogen and oxygen atoms in total. The maximum Gasteiger partial charge on any atom is 0.107 e. The van der Waals surface area contributed by atoms with Gasteiger partial charge in [-0.25, -0.2) is 4.98 Å². The lowest BCUT2D eigenvalue weighted by atomic mass is 9.91. The summed E-state index contributed by atoms with van der Waals surface area (Å²) in [6, 6.07) is 2.69. The first-order valence-corrected chi connectivity index (χ1v) is 9.24. The van der Waals surface area contributed by atoms with Crippen LogP contribution in [0.1, 0.15) is 45.7 Å². The summed E-state index contributed by atoms with van der Waals surface area (Å²) in [7, 11) is 0. The first kappa shape index (κ1) is 17.1. The highest BCUT2D eigenvalue weighted by Crippen LogP contribution is 2.23. The van der Waals surface area contributed by atoms with E-state index in [0.717, 1.165) is 42.4 Å². The number of aryl methyl sites for hydroxylation is 1. The number of piperidine rings is 1. The molecule has 5 heteroatoms. The lowest BCUT2D eigenvalue weighted by molar-refractivity contribution is 0.149. The van der Waals surface area contributed by atoms with Crippen molar-refractivity contribution in [2.75, 3.05) is 13.1 Å². The molecule has 1 aliphatic heterocycles. The highest BCUT2D eigenvalue weighted by atomic mass is 15.3. The average molecular weight is 327 g/mol. The minimum absolute atomic E-state index is 0.660. The Bertz CT molecular complexity index is 641. The normalized spacial score (nSPS) is 16.8. The highest BCUT2D eigenvalue weighted by Gasteiger charge is 2.21. The van der Waals surface area contributed by atoms with E-state index in [2.05, 4.69) is 35.8 Å². The monoisotopic (exact) mass is 327 g/mol. The third kappa shape index (κ3) is 4.01. The van der Waals surface area contributed by atoms with Gasteiger partial charge in [-0.05, 0) is 64.6 Å². The van der Waals surface area contributed by atoms with E-state index in [4.69, 9.17) is 4.98 Å². The lowest BCUT2D eigenvalue weighted by Gasteiger charge is -2.34. The van der Waals surface area contributed by atoms with Gasteiger partial charge >= 0.3 is 0 Å². The second-order valence-electron chi connectivity index (χ2n) is 7.11. The zero-order chi connectivity index (χ0) is 16.9. The molecule has 2 aromatic rings. The minimum Gasteiger partial charge on any atom is -0.301 e. The molecule has 1 saturated heterocycles. The summed E-state index contributed by atoms with van der Waals surface area (Å²) in [4.78, 5) is 11.9. The van der Waals surface area contributed by atoms with E-state index in [9.17, 15) is 0 Å². The Morgan fingerprint density at radius 2 is 2.00 bits per heavy atom. The van der Waals surface area contributed by atoms with E-state index in [0.29, 0.717) is 6.04 Å². The summed E-state index contributed by atoms with van der Waals surface area (Å²) in [5.41, 5.74) is 3.12. The summed E-state index contributed by atoms with van der Waals surface area (Å²) in [5.74, 6) is 0.727. The zero-order valence-electron chi connectivity index (χ0n) is 15.1. The van der Waals surface area contributed by atoms with Gasteiger partial charge in [0.15, 0.2) is 0 Å². The van der Waals surface area contributed by atoms with Crippen LogP contribution in [0.4, 0.5) is 0 Å². The van der Waals surface area contributed by atoms with Crippen LogP contribution in [0, 0.1) is 5.92 Å². The van der Waals surface area contributed by atoms with Crippen LogP contribution in [0.25, 0.3) is 11.4 Å². The molecule has 1 fully saturated rings. The van der Waals surface area contributed by atoms with Crippen LogP contribution in [-0.2, 0) is 13.0 Å². The van der Waals surface area contributed by atoms with Crippen molar-refractivity contribution < 1.29 is 0 Å². The molecule has 3 heterocycles. The fourth-order valence-electron chi connectivity index (χ4n) is 3.54. The zero-order valence-corrected chi connectivity index (χ0v) is 15.1. The minimum atomic E-state index is 0.660. The topological polar surface area (TPSA) is 46.8 Å². The molecule has 0 spiro atoms. The van der Waals surface area contributed by atoms with Crippen LogP contribution in [0.5, 0.6) is 0 Å². The van der Waals surface area contributed by atoms with Gasteiger partial charge in [0.25, 0.3) is 0 Å². The van der Waals surface area contributed by atoms with Crippen molar-refractivity contribution in [2.24, 2.45) is 5.92 Å². The Hall–Kier alpha value is -1.75. The fourth-order valence-corrected chi connectivity index (χ4v) is 3.54. The largest absolute Gasteiger partial charge is 0.301 e. The molecule has 0 radical (unpaired) electrons. The second kappa shape index (κ2) is 7.88. The first-order chi connectivity index (χ1) is 11.7. The van der Waals surface area contributed by atoms with E-state index in [-0.39, 0.29) is 0 Å². The van der Waals surface area contributed by atoms with Crippen molar-refractivity contribution in [2.45, 2.75) is 59.0 Å². The Balaban J connectivity index is 1.67. The third-order valence-electron chi connectivity index (χ3n) is 4.98. The summed E-state index contributed by atoms with van der Waals surface area (Å²) in [6.07, 6.45) is 10.3. The van der Waals surface area contributed by atoms with E-state index >= 15 is 0 Å². The molecule has 0 atom stereocenters. The van der Waals surface area contributed by atoms with Crippen LogP contribution in [0.3, 0.4) is 0 Å². The Morgan fingerprint density at radius 3 is 2.71 bits per heavy atom. The van der Waals surface area contributed by atoms with Crippen LogP contribution >= 0.6 is 0 Å². The van der Waals surface area contributed by atoms with Gasteiger partial charge in [0.2, 0.25) is 0 Å². The highest BCUT2D eigenvalue weighted by molar-refractivity contribution is 5.52. The van der Waals surface area contributed by atoms with E-state index in [1.54, 1.807) is 0 Å². The molecular weight excluding hydrogens is 298 g/mol. The van der Waals surface area contributed by atoms with Crippen molar-refractivity contribution in [1.82, 2.24) is 24.6 Å². The summed E-state index contributed by atoms with van der Waals surface area (Å²) in [6.45, 7) is 10.1. The molecule has 0 aromatic carbocycles. The van der Waals surface area contributed by atoms with Crippen molar-refractivity contribution in [3.05, 3.63) is 30.4 Å². The fraction of sp³-hybridized carbons (Fsp3) is 0.632. The molecule has 24 heavy (non-hydrogen) atoms. The number of hydrogen-bond acceptors (Lipinski definition) is 4. The standard InChI is InChI=1S/C19H29N5/c1-4-9-24-19(5-8-21-24)18-14-20-13-17(22-18)12-16-6-10-23(11-7-16)15(2)3/h5,8,13-16H,4,6-7,9-12H2,1-3H3. The SMILES string of the molecule is CCCn1nccc1-c1cncc(CC2CCN(C(C)C)CC2)n1. The molecule has 0 bridgehead atoms.